The molecule has 136 valence electrons. The minimum absolute atomic E-state index is 0.235. The van der Waals surface area contributed by atoms with Crippen LogP contribution in [0.1, 0.15) is 11.3 Å². The fourth-order valence-electron chi connectivity index (χ4n) is 1.98. The topological polar surface area (TPSA) is 99.2 Å². The second kappa shape index (κ2) is 8.24. The Hall–Kier alpha value is -2.23. The van der Waals surface area contributed by atoms with E-state index in [9.17, 15) is 8.42 Å². The molecule has 3 N–H and O–H groups in total. The molecule has 25 heavy (non-hydrogen) atoms. The molecule has 1 heterocycles. The third-order valence-corrected chi connectivity index (χ3v) is 4.88. The molecule has 2 rings (SSSR count). The van der Waals surface area contributed by atoms with Crippen LogP contribution < -0.4 is 15.4 Å². The van der Waals surface area contributed by atoms with Crippen LogP contribution in [-0.2, 0) is 10.2 Å². The van der Waals surface area contributed by atoms with Crippen molar-refractivity contribution in [1.29, 1.82) is 0 Å². The van der Waals surface area contributed by atoms with E-state index in [1.54, 1.807) is 0 Å². The van der Waals surface area contributed by atoms with E-state index in [1.165, 1.54) is 19.7 Å². The predicted octanol–water partition coefficient (Wildman–Crippen LogP) is 1.64. The average Bonchev–Trinajstić information content (AvgIpc) is 2.53. The van der Waals surface area contributed by atoms with E-state index in [4.69, 9.17) is 0 Å². The van der Waals surface area contributed by atoms with Crippen LogP contribution in [0.2, 0.25) is 0 Å². The lowest BCUT2D eigenvalue weighted by Crippen LogP contribution is -2.38. The first kappa shape index (κ1) is 19.1. The van der Waals surface area contributed by atoms with Crippen molar-refractivity contribution in [3.8, 4) is 0 Å². The highest BCUT2D eigenvalue weighted by molar-refractivity contribution is 7.87. The summed E-state index contributed by atoms with van der Waals surface area (Å²) >= 11 is 0. The summed E-state index contributed by atoms with van der Waals surface area (Å²) in [5.74, 6) is 1.12. The van der Waals surface area contributed by atoms with Crippen LogP contribution >= 0.6 is 0 Å². The summed E-state index contributed by atoms with van der Waals surface area (Å²) in [6.45, 7) is 4.52. The van der Waals surface area contributed by atoms with Gasteiger partial charge in [-0.05, 0) is 26.0 Å². The highest BCUT2D eigenvalue weighted by Gasteiger charge is 2.11. The van der Waals surface area contributed by atoms with Crippen LogP contribution in [0.4, 0.5) is 17.5 Å². The number of benzene rings is 1. The summed E-state index contributed by atoms with van der Waals surface area (Å²) in [6.07, 6.45) is 0. The van der Waals surface area contributed by atoms with Crippen LogP contribution in [0.5, 0.6) is 0 Å². The smallest absolute Gasteiger partial charge is 0.278 e. The van der Waals surface area contributed by atoms with Crippen molar-refractivity contribution in [2.45, 2.75) is 13.8 Å². The summed E-state index contributed by atoms with van der Waals surface area (Å²) in [4.78, 5) is 8.71. The van der Waals surface area contributed by atoms with Crippen LogP contribution in [0, 0.1) is 13.8 Å². The third kappa shape index (κ3) is 5.96. The van der Waals surface area contributed by atoms with E-state index in [-0.39, 0.29) is 6.54 Å². The lowest BCUT2D eigenvalue weighted by atomic mass is 10.2. The van der Waals surface area contributed by atoms with Crippen LogP contribution in [0.25, 0.3) is 0 Å². The summed E-state index contributed by atoms with van der Waals surface area (Å²) in [6, 6.07) is 9.85. The Kier molecular flexibility index (Phi) is 6.29. The van der Waals surface area contributed by atoms with Gasteiger partial charge in [0.25, 0.3) is 10.2 Å². The average molecular weight is 364 g/mol. The summed E-state index contributed by atoms with van der Waals surface area (Å²) in [5.41, 5.74) is 2.93. The molecule has 1 aromatic heterocycles. The zero-order valence-corrected chi connectivity index (χ0v) is 15.7. The Morgan fingerprint density at radius 2 is 1.72 bits per heavy atom. The van der Waals surface area contributed by atoms with E-state index >= 15 is 0 Å². The fraction of sp³-hybridized carbons (Fsp3) is 0.375. The lowest BCUT2D eigenvalue weighted by molar-refractivity contribution is 0.507. The molecule has 2 aromatic rings. The number of aromatic nitrogens is 2. The highest BCUT2D eigenvalue weighted by atomic mass is 32.2. The third-order valence-electron chi connectivity index (χ3n) is 3.35. The van der Waals surface area contributed by atoms with Gasteiger partial charge in [-0.25, -0.2) is 9.71 Å². The Morgan fingerprint density at radius 1 is 1.04 bits per heavy atom. The monoisotopic (exact) mass is 364 g/mol. The van der Waals surface area contributed by atoms with Crippen molar-refractivity contribution in [2.75, 3.05) is 37.8 Å². The summed E-state index contributed by atoms with van der Waals surface area (Å²) in [7, 11) is -0.474. The summed E-state index contributed by atoms with van der Waals surface area (Å²) in [5, 5.41) is 6.26. The minimum Gasteiger partial charge on any atom is -0.353 e. The molecule has 0 aliphatic carbocycles. The molecular weight excluding hydrogens is 340 g/mol. The molecule has 0 atom stereocenters. The molecule has 0 amide bonds. The first-order valence-corrected chi connectivity index (χ1v) is 9.30. The quantitative estimate of drug-likeness (QED) is 0.616. The molecule has 0 unspecified atom stereocenters. The van der Waals surface area contributed by atoms with E-state index < -0.39 is 10.2 Å². The number of aryl methyl sites for hydroxylation is 2. The van der Waals surface area contributed by atoms with Crippen molar-refractivity contribution in [1.82, 2.24) is 19.0 Å². The minimum atomic E-state index is -3.42. The van der Waals surface area contributed by atoms with Crippen LogP contribution in [0.3, 0.4) is 0 Å². The highest BCUT2D eigenvalue weighted by Crippen LogP contribution is 2.17. The van der Waals surface area contributed by atoms with Gasteiger partial charge >= 0.3 is 0 Å². The first-order valence-electron chi connectivity index (χ1n) is 7.86. The van der Waals surface area contributed by atoms with E-state index in [1.807, 2.05) is 44.2 Å². The molecule has 0 radical (unpaired) electrons. The van der Waals surface area contributed by atoms with Crippen molar-refractivity contribution in [2.24, 2.45) is 0 Å². The molecule has 0 fully saturated rings. The Labute approximate surface area is 148 Å². The number of nitrogens with zero attached hydrogens (tertiary/aromatic N) is 3. The maximum absolute atomic E-state index is 11.6. The Bertz CT molecular complexity index is 806. The SMILES string of the molecule is Cc1ccc(Nc2cc(C)nc(NCCNS(=O)(=O)N(C)C)n2)cc1. The standard InChI is InChI=1S/C16H24N6O2S/c1-12-5-7-14(8-6-12)20-15-11-13(2)19-16(21-15)17-9-10-18-25(23,24)22(3)4/h5-8,11,18H,9-10H2,1-4H3,(H2,17,19,20,21). The van der Waals surface area contributed by atoms with Crippen molar-refractivity contribution >= 4 is 27.7 Å². The molecule has 0 saturated heterocycles. The van der Waals surface area contributed by atoms with Gasteiger partial charge in [0.15, 0.2) is 0 Å². The normalized spacial score (nSPS) is 11.6. The van der Waals surface area contributed by atoms with Gasteiger partial charge in [-0.3, -0.25) is 0 Å². The molecule has 9 heteroatoms. The maximum Gasteiger partial charge on any atom is 0.278 e. The molecule has 0 aliphatic rings. The van der Waals surface area contributed by atoms with E-state index in [0.29, 0.717) is 18.3 Å². The van der Waals surface area contributed by atoms with Gasteiger partial charge in [-0.15, -0.1) is 0 Å². The predicted molar refractivity (Wildman–Crippen MR) is 100 cm³/mol. The maximum atomic E-state index is 11.6. The summed E-state index contributed by atoms with van der Waals surface area (Å²) < 4.78 is 26.8. The number of nitrogens with one attached hydrogen (secondary N) is 3. The van der Waals surface area contributed by atoms with Gasteiger partial charge in [0, 0.05) is 44.6 Å². The zero-order valence-electron chi connectivity index (χ0n) is 14.9. The van der Waals surface area contributed by atoms with Crippen LogP contribution in [-0.4, -0.2) is 49.9 Å². The number of hydrogen-bond acceptors (Lipinski definition) is 6. The van der Waals surface area contributed by atoms with Gasteiger partial charge in [0.05, 0.1) is 0 Å². The molecule has 0 spiro atoms. The van der Waals surface area contributed by atoms with Gasteiger partial charge in [-0.1, -0.05) is 17.7 Å². The number of rotatable bonds is 8. The molecule has 0 saturated carbocycles. The lowest BCUT2D eigenvalue weighted by Gasteiger charge is -2.13. The zero-order chi connectivity index (χ0) is 18.4. The second-order valence-corrected chi connectivity index (χ2v) is 7.79. The van der Waals surface area contributed by atoms with Crippen molar-refractivity contribution in [3.05, 3.63) is 41.6 Å². The van der Waals surface area contributed by atoms with Gasteiger partial charge in [0.1, 0.15) is 5.82 Å². The van der Waals surface area contributed by atoms with Gasteiger partial charge in [-0.2, -0.15) is 17.7 Å². The van der Waals surface area contributed by atoms with Crippen LogP contribution in [0.15, 0.2) is 30.3 Å². The molecule has 0 aliphatic heterocycles. The Balaban J connectivity index is 1.95. The van der Waals surface area contributed by atoms with Crippen molar-refractivity contribution < 1.29 is 8.42 Å². The van der Waals surface area contributed by atoms with Gasteiger partial charge in [0.2, 0.25) is 5.95 Å². The van der Waals surface area contributed by atoms with Crippen molar-refractivity contribution in [3.63, 3.8) is 0 Å². The Morgan fingerprint density at radius 3 is 2.36 bits per heavy atom. The molecule has 1 aromatic carbocycles. The molecular formula is C16H24N6O2S. The molecule has 8 nitrogen and oxygen atoms in total. The number of anilines is 3. The van der Waals surface area contributed by atoms with Gasteiger partial charge < -0.3 is 10.6 Å². The largest absolute Gasteiger partial charge is 0.353 e. The van der Waals surface area contributed by atoms with E-state index in [2.05, 4.69) is 25.3 Å². The molecule has 0 bridgehead atoms. The number of hydrogen-bond donors (Lipinski definition) is 3. The second-order valence-electron chi connectivity index (χ2n) is 5.82. The van der Waals surface area contributed by atoms with E-state index in [0.717, 1.165) is 15.7 Å². The first-order chi connectivity index (χ1) is 11.8. The fourth-order valence-corrected chi connectivity index (χ4v) is 2.60.